The molecule has 1 unspecified atom stereocenters. The van der Waals surface area contributed by atoms with Gasteiger partial charge in [-0.2, -0.15) is 0 Å². The van der Waals surface area contributed by atoms with Gasteiger partial charge in [0, 0.05) is 37.5 Å². The third kappa shape index (κ3) is 3.39. The molecule has 0 amide bonds. The zero-order chi connectivity index (χ0) is 13.9. The Labute approximate surface area is 115 Å². The molecular weight excluding hydrogens is 240 g/mol. The Morgan fingerprint density at radius 1 is 1.37 bits per heavy atom. The van der Waals surface area contributed by atoms with Crippen LogP contribution in [0.25, 0.3) is 0 Å². The Balaban J connectivity index is 2.08. The number of anilines is 1. The summed E-state index contributed by atoms with van der Waals surface area (Å²) in [6.45, 7) is 5.12. The quantitative estimate of drug-likeness (QED) is 0.848. The molecule has 1 aliphatic heterocycles. The first-order valence-electron chi connectivity index (χ1n) is 6.76. The highest BCUT2D eigenvalue weighted by Gasteiger charge is 2.30. The predicted octanol–water partition coefficient (Wildman–Crippen LogP) is 2.28. The van der Waals surface area contributed by atoms with Gasteiger partial charge in [0.25, 0.3) is 0 Å². The summed E-state index contributed by atoms with van der Waals surface area (Å²) in [5.41, 5.74) is 7.67. The minimum atomic E-state index is -0.0285. The summed E-state index contributed by atoms with van der Waals surface area (Å²) in [6, 6.07) is 5.86. The number of piperidine rings is 1. The number of rotatable bonds is 4. The van der Waals surface area contributed by atoms with Crippen molar-refractivity contribution >= 4 is 5.69 Å². The molecule has 0 aromatic heterocycles. The average Bonchev–Trinajstić information content (AvgIpc) is 2.41. The minimum absolute atomic E-state index is 0.0285. The summed E-state index contributed by atoms with van der Waals surface area (Å²) in [6.07, 6.45) is 2.29. The van der Waals surface area contributed by atoms with Crippen molar-refractivity contribution in [2.24, 2.45) is 0 Å². The van der Waals surface area contributed by atoms with Gasteiger partial charge in [0.2, 0.25) is 0 Å². The van der Waals surface area contributed by atoms with Gasteiger partial charge < -0.3 is 15.2 Å². The number of nitrogens with two attached hydrogens (primary N) is 1. The molecular formula is C15H24N2O2. The van der Waals surface area contributed by atoms with Crippen LogP contribution in [0.1, 0.15) is 25.3 Å². The van der Waals surface area contributed by atoms with Gasteiger partial charge in [-0.1, -0.05) is 6.07 Å². The molecule has 1 aromatic carbocycles. The van der Waals surface area contributed by atoms with Gasteiger partial charge in [-0.15, -0.1) is 0 Å². The summed E-state index contributed by atoms with van der Waals surface area (Å²) in [5, 5.41) is 0. The maximum Gasteiger partial charge on any atom is 0.125 e. The van der Waals surface area contributed by atoms with E-state index in [1.54, 1.807) is 14.2 Å². The van der Waals surface area contributed by atoms with E-state index in [1.807, 2.05) is 18.2 Å². The summed E-state index contributed by atoms with van der Waals surface area (Å²) in [7, 11) is 3.49. The molecule has 106 valence electrons. The standard InChI is InChI=1S/C15H24N2O2/c1-15(19-3)7-4-8-17(11-15)10-12-5-6-13(16)9-14(12)18-2/h5-6,9H,4,7-8,10-11,16H2,1-3H3. The molecule has 4 heteroatoms. The lowest BCUT2D eigenvalue weighted by molar-refractivity contribution is -0.0528. The first kappa shape index (κ1) is 14.2. The highest BCUT2D eigenvalue weighted by atomic mass is 16.5. The topological polar surface area (TPSA) is 47.7 Å². The van der Waals surface area contributed by atoms with E-state index in [9.17, 15) is 0 Å². The second-order valence-electron chi connectivity index (χ2n) is 5.54. The molecule has 0 aliphatic carbocycles. The van der Waals surface area contributed by atoms with Gasteiger partial charge in [0.1, 0.15) is 5.75 Å². The van der Waals surface area contributed by atoms with Crippen LogP contribution in [-0.4, -0.2) is 37.8 Å². The molecule has 1 atom stereocenters. The van der Waals surface area contributed by atoms with E-state index in [2.05, 4.69) is 11.8 Å². The zero-order valence-corrected chi connectivity index (χ0v) is 12.1. The lowest BCUT2D eigenvalue weighted by atomic mass is 9.94. The van der Waals surface area contributed by atoms with Gasteiger partial charge in [-0.3, -0.25) is 4.90 Å². The van der Waals surface area contributed by atoms with E-state index >= 15 is 0 Å². The maximum absolute atomic E-state index is 5.79. The number of hydrogen-bond acceptors (Lipinski definition) is 4. The molecule has 2 N–H and O–H groups in total. The largest absolute Gasteiger partial charge is 0.496 e. The zero-order valence-electron chi connectivity index (χ0n) is 12.1. The molecule has 1 aromatic rings. The van der Waals surface area contributed by atoms with Crippen LogP contribution in [0.2, 0.25) is 0 Å². The molecule has 1 fully saturated rings. The van der Waals surface area contributed by atoms with Gasteiger partial charge in [0.05, 0.1) is 12.7 Å². The molecule has 0 spiro atoms. The molecule has 4 nitrogen and oxygen atoms in total. The highest BCUT2D eigenvalue weighted by Crippen LogP contribution is 2.28. The minimum Gasteiger partial charge on any atom is -0.496 e. The number of nitrogens with zero attached hydrogens (tertiary/aromatic N) is 1. The van der Waals surface area contributed by atoms with E-state index in [4.69, 9.17) is 15.2 Å². The van der Waals surface area contributed by atoms with Gasteiger partial charge in [-0.05, 0) is 32.4 Å². The average molecular weight is 264 g/mol. The van der Waals surface area contributed by atoms with E-state index in [0.29, 0.717) is 0 Å². The van der Waals surface area contributed by atoms with Crippen molar-refractivity contribution in [2.75, 3.05) is 33.0 Å². The fourth-order valence-electron chi connectivity index (χ4n) is 2.74. The molecule has 1 saturated heterocycles. The summed E-state index contributed by atoms with van der Waals surface area (Å²) in [5.74, 6) is 0.865. The maximum atomic E-state index is 5.79. The number of benzene rings is 1. The molecule has 19 heavy (non-hydrogen) atoms. The number of methoxy groups -OCH3 is 2. The molecule has 0 saturated carbocycles. The fourth-order valence-corrected chi connectivity index (χ4v) is 2.74. The number of ether oxygens (including phenoxy) is 2. The third-order valence-corrected chi connectivity index (χ3v) is 3.94. The van der Waals surface area contributed by atoms with Crippen molar-refractivity contribution in [1.29, 1.82) is 0 Å². The first-order valence-corrected chi connectivity index (χ1v) is 6.76. The van der Waals surface area contributed by atoms with Crippen LogP contribution < -0.4 is 10.5 Å². The van der Waals surface area contributed by atoms with Gasteiger partial charge in [0.15, 0.2) is 0 Å². The highest BCUT2D eigenvalue weighted by molar-refractivity contribution is 5.48. The van der Waals surface area contributed by atoms with Gasteiger partial charge >= 0.3 is 0 Å². The van der Waals surface area contributed by atoms with Crippen LogP contribution in [-0.2, 0) is 11.3 Å². The van der Waals surface area contributed by atoms with E-state index < -0.39 is 0 Å². The number of hydrogen-bond donors (Lipinski definition) is 1. The van der Waals surface area contributed by atoms with E-state index in [-0.39, 0.29) is 5.60 Å². The third-order valence-electron chi connectivity index (χ3n) is 3.94. The Morgan fingerprint density at radius 3 is 2.84 bits per heavy atom. The second kappa shape index (κ2) is 5.80. The lowest BCUT2D eigenvalue weighted by Crippen LogP contribution is -2.46. The smallest absolute Gasteiger partial charge is 0.125 e. The Kier molecular flexibility index (Phi) is 4.32. The predicted molar refractivity (Wildman–Crippen MR) is 77.3 cm³/mol. The van der Waals surface area contributed by atoms with Crippen molar-refractivity contribution in [2.45, 2.75) is 31.9 Å². The lowest BCUT2D eigenvalue weighted by Gasteiger charge is -2.39. The van der Waals surface area contributed by atoms with Crippen LogP contribution in [0.15, 0.2) is 18.2 Å². The SMILES string of the molecule is COc1cc(N)ccc1CN1CCCC(C)(OC)C1. The van der Waals surface area contributed by atoms with Crippen molar-refractivity contribution in [3.63, 3.8) is 0 Å². The Bertz CT molecular complexity index is 436. The normalized spacial score (nSPS) is 24.4. The van der Waals surface area contributed by atoms with Crippen LogP contribution in [0.5, 0.6) is 5.75 Å². The van der Waals surface area contributed by atoms with E-state index in [1.165, 1.54) is 12.0 Å². The van der Waals surface area contributed by atoms with Crippen molar-refractivity contribution in [1.82, 2.24) is 4.90 Å². The summed E-state index contributed by atoms with van der Waals surface area (Å²) < 4.78 is 11.0. The molecule has 0 bridgehead atoms. The van der Waals surface area contributed by atoms with Crippen LogP contribution in [0.3, 0.4) is 0 Å². The van der Waals surface area contributed by atoms with Crippen LogP contribution in [0.4, 0.5) is 5.69 Å². The van der Waals surface area contributed by atoms with Crippen LogP contribution >= 0.6 is 0 Å². The van der Waals surface area contributed by atoms with E-state index in [0.717, 1.165) is 37.5 Å². The Morgan fingerprint density at radius 2 is 2.16 bits per heavy atom. The summed E-state index contributed by atoms with van der Waals surface area (Å²) >= 11 is 0. The number of nitrogen functional groups attached to an aromatic ring is 1. The summed E-state index contributed by atoms with van der Waals surface area (Å²) in [4.78, 5) is 2.42. The van der Waals surface area contributed by atoms with Gasteiger partial charge in [-0.25, -0.2) is 0 Å². The Hall–Kier alpha value is -1.26. The monoisotopic (exact) mass is 264 g/mol. The van der Waals surface area contributed by atoms with Crippen molar-refractivity contribution < 1.29 is 9.47 Å². The number of likely N-dealkylation sites (tertiary alicyclic amines) is 1. The van der Waals surface area contributed by atoms with Crippen molar-refractivity contribution in [3.05, 3.63) is 23.8 Å². The van der Waals surface area contributed by atoms with Crippen molar-refractivity contribution in [3.8, 4) is 5.75 Å². The molecule has 1 aliphatic rings. The molecule has 2 rings (SSSR count). The molecule has 0 radical (unpaired) electrons. The first-order chi connectivity index (χ1) is 9.06. The fraction of sp³-hybridized carbons (Fsp3) is 0.600. The molecule has 1 heterocycles. The second-order valence-corrected chi connectivity index (χ2v) is 5.54. The van der Waals surface area contributed by atoms with Crippen LogP contribution in [0, 0.1) is 0 Å².